The number of rotatable bonds is 4. The Bertz CT molecular complexity index is 659. The number of nitrogens with one attached hydrogen (secondary N) is 1. The first kappa shape index (κ1) is 14.9. The Balaban J connectivity index is 2.11. The zero-order chi connectivity index (χ0) is 14.8. The molecule has 0 amide bonds. The van der Waals surface area contributed by atoms with Gasteiger partial charge in [0.1, 0.15) is 5.75 Å². The summed E-state index contributed by atoms with van der Waals surface area (Å²) in [4.78, 5) is 0. The van der Waals surface area contributed by atoms with Gasteiger partial charge in [-0.15, -0.1) is 0 Å². The van der Waals surface area contributed by atoms with Crippen LogP contribution in [0.1, 0.15) is 29.7 Å². The van der Waals surface area contributed by atoms with Gasteiger partial charge in [0.2, 0.25) is 0 Å². The molecule has 0 aliphatic carbocycles. The Morgan fingerprint density at radius 1 is 1.24 bits per heavy atom. The maximum Gasteiger partial charge on any atom is 0.127 e. The number of hydrogen-bond donors (Lipinski definition) is 1. The zero-order valence-electron chi connectivity index (χ0n) is 11.8. The molecule has 2 nitrogen and oxygen atoms in total. The molecule has 2 aromatic rings. The lowest BCUT2D eigenvalue weighted by Gasteiger charge is -2.22. The van der Waals surface area contributed by atoms with E-state index in [9.17, 15) is 0 Å². The lowest BCUT2D eigenvalue weighted by atomic mass is 9.95. The minimum atomic E-state index is 0.0352. The van der Waals surface area contributed by atoms with Crippen LogP contribution in [0.4, 0.5) is 0 Å². The number of benzene rings is 2. The van der Waals surface area contributed by atoms with Crippen molar-refractivity contribution >= 4 is 27.5 Å². The Kier molecular flexibility index (Phi) is 4.53. The maximum atomic E-state index is 6.50. The molecule has 3 rings (SSSR count). The molecule has 0 saturated carbocycles. The summed E-state index contributed by atoms with van der Waals surface area (Å²) in [5.41, 5.74) is 3.50. The van der Waals surface area contributed by atoms with Gasteiger partial charge >= 0.3 is 0 Å². The summed E-state index contributed by atoms with van der Waals surface area (Å²) in [6.07, 6.45) is 0.980. The van der Waals surface area contributed by atoms with E-state index in [1.165, 1.54) is 5.56 Å². The van der Waals surface area contributed by atoms with Gasteiger partial charge in [0.15, 0.2) is 0 Å². The predicted molar refractivity (Wildman–Crippen MR) is 90.3 cm³/mol. The highest BCUT2D eigenvalue weighted by Crippen LogP contribution is 2.39. The molecule has 1 aliphatic heterocycles. The number of halogens is 2. The molecule has 0 radical (unpaired) electrons. The quantitative estimate of drug-likeness (QED) is 0.844. The third kappa shape index (κ3) is 2.83. The average Bonchev–Trinajstić information content (AvgIpc) is 2.97. The fraction of sp³-hybridized carbons (Fsp3) is 0.294. The topological polar surface area (TPSA) is 21.3 Å². The molecule has 1 unspecified atom stereocenters. The first-order valence-corrected chi connectivity index (χ1v) is 8.31. The van der Waals surface area contributed by atoms with Crippen LogP contribution in [-0.2, 0) is 6.42 Å². The number of fused-ring (bicyclic) bond motifs is 1. The molecule has 1 atom stereocenters. The monoisotopic (exact) mass is 365 g/mol. The van der Waals surface area contributed by atoms with Crippen LogP contribution in [-0.4, -0.2) is 13.2 Å². The van der Waals surface area contributed by atoms with E-state index in [1.54, 1.807) is 0 Å². The Morgan fingerprint density at radius 2 is 2.00 bits per heavy atom. The molecular formula is C17H17BrClNO. The molecule has 21 heavy (non-hydrogen) atoms. The molecule has 1 heterocycles. The highest BCUT2D eigenvalue weighted by Gasteiger charge is 2.24. The van der Waals surface area contributed by atoms with Crippen molar-refractivity contribution in [3.63, 3.8) is 0 Å². The third-order valence-electron chi connectivity index (χ3n) is 3.76. The van der Waals surface area contributed by atoms with Gasteiger partial charge < -0.3 is 10.1 Å². The molecule has 0 aromatic heterocycles. The summed E-state index contributed by atoms with van der Waals surface area (Å²) in [6, 6.07) is 12.4. The first-order chi connectivity index (χ1) is 10.2. The van der Waals surface area contributed by atoms with Gasteiger partial charge in [0, 0.05) is 16.5 Å². The predicted octanol–water partition coefficient (Wildman–Crippen LogP) is 4.74. The van der Waals surface area contributed by atoms with Crippen LogP contribution in [0.5, 0.6) is 5.75 Å². The molecule has 4 heteroatoms. The highest BCUT2D eigenvalue weighted by atomic mass is 79.9. The van der Waals surface area contributed by atoms with Gasteiger partial charge in [-0.25, -0.2) is 0 Å². The second kappa shape index (κ2) is 6.39. The van der Waals surface area contributed by atoms with E-state index in [4.69, 9.17) is 16.3 Å². The van der Waals surface area contributed by atoms with Crippen molar-refractivity contribution in [2.24, 2.45) is 0 Å². The molecule has 2 aromatic carbocycles. The Labute approximate surface area is 138 Å². The van der Waals surface area contributed by atoms with Gasteiger partial charge in [-0.1, -0.05) is 48.9 Å². The van der Waals surface area contributed by atoms with Gasteiger partial charge in [-0.05, 0) is 39.7 Å². The smallest absolute Gasteiger partial charge is 0.127 e. The van der Waals surface area contributed by atoms with E-state index < -0.39 is 0 Å². The Hall–Kier alpha value is -1.03. The largest absolute Gasteiger partial charge is 0.493 e. The van der Waals surface area contributed by atoms with E-state index in [-0.39, 0.29) is 6.04 Å². The summed E-state index contributed by atoms with van der Waals surface area (Å²) in [5.74, 6) is 1.01. The normalized spacial score (nSPS) is 14.6. The van der Waals surface area contributed by atoms with Crippen LogP contribution in [0.25, 0.3) is 0 Å². The number of ether oxygens (including phenoxy) is 1. The average molecular weight is 367 g/mol. The van der Waals surface area contributed by atoms with Crippen LogP contribution in [0.15, 0.2) is 40.9 Å². The summed E-state index contributed by atoms with van der Waals surface area (Å²) < 4.78 is 6.77. The summed E-state index contributed by atoms with van der Waals surface area (Å²) in [7, 11) is 0. The van der Waals surface area contributed by atoms with E-state index in [0.717, 1.165) is 45.9 Å². The standard InChI is InChI=1S/C17H17BrClNO/c1-2-20-16(12-6-4-8-14(18)15(12)19)13-7-3-5-11-9-10-21-17(11)13/h3-8,16,20H,2,9-10H2,1H3. The second-order valence-corrected chi connectivity index (χ2v) is 6.30. The molecule has 0 saturated heterocycles. The number of para-hydroxylation sites is 1. The third-order valence-corrected chi connectivity index (χ3v) is 5.07. The van der Waals surface area contributed by atoms with Crippen molar-refractivity contribution in [1.29, 1.82) is 0 Å². The lowest BCUT2D eigenvalue weighted by Crippen LogP contribution is -2.23. The molecule has 110 valence electrons. The molecule has 0 fully saturated rings. The highest BCUT2D eigenvalue weighted by molar-refractivity contribution is 9.10. The lowest BCUT2D eigenvalue weighted by molar-refractivity contribution is 0.350. The van der Waals surface area contributed by atoms with E-state index in [0.29, 0.717) is 0 Å². The second-order valence-electron chi connectivity index (χ2n) is 5.07. The maximum absolute atomic E-state index is 6.50. The van der Waals surface area contributed by atoms with Gasteiger partial charge in [-0.3, -0.25) is 0 Å². The van der Waals surface area contributed by atoms with E-state index in [1.807, 2.05) is 12.1 Å². The van der Waals surface area contributed by atoms with Crippen molar-refractivity contribution in [1.82, 2.24) is 5.32 Å². The van der Waals surface area contributed by atoms with Crippen LogP contribution >= 0.6 is 27.5 Å². The van der Waals surface area contributed by atoms with Crippen LogP contribution in [0, 0.1) is 0 Å². The SMILES string of the molecule is CCNC(c1cccc(Br)c1Cl)c1cccc2c1OCC2. The van der Waals surface area contributed by atoms with Crippen molar-refractivity contribution < 1.29 is 4.74 Å². The van der Waals surface area contributed by atoms with Crippen molar-refractivity contribution in [2.45, 2.75) is 19.4 Å². The molecule has 1 aliphatic rings. The van der Waals surface area contributed by atoms with Gasteiger partial charge in [0.25, 0.3) is 0 Å². The Morgan fingerprint density at radius 3 is 2.81 bits per heavy atom. The van der Waals surface area contributed by atoms with Crippen molar-refractivity contribution in [3.8, 4) is 5.75 Å². The molecule has 0 spiro atoms. The van der Waals surface area contributed by atoms with Gasteiger partial charge in [-0.2, -0.15) is 0 Å². The van der Waals surface area contributed by atoms with E-state index >= 15 is 0 Å². The van der Waals surface area contributed by atoms with Crippen molar-refractivity contribution in [3.05, 3.63) is 62.6 Å². The van der Waals surface area contributed by atoms with E-state index in [2.05, 4.69) is 52.4 Å². The first-order valence-electron chi connectivity index (χ1n) is 7.14. The van der Waals surface area contributed by atoms with Crippen LogP contribution < -0.4 is 10.1 Å². The fourth-order valence-corrected chi connectivity index (χ4v) is 3.42. The summed E-state index contributed by atoms with van der Waals surface area (Å²) >= 11 is 10.0. The van der Waals surface area contributed by atoms with Gasteiger partial charge in [0.05, 0.1) is 17.7 Å². The molecule has 0 bridgehead atoms. The molecule has 1 N–H and O–H groups in total. The fourth-order valence-electron chi connectivity index (χ4n) is 2.80. The van der Waals surface area contributed by atoms with Crippen molar-refractivity contribution in [2.75, 3.05) is 13.2 Å². The minimum Gasteiger partial charge on any atom is -0.493 e. The van der Waals surface area contributed by atoms with Crippen LogP contribution in [0.2, 0.25) is 5.02 Å². The summed E-state index contributed by atoms with van der Waals surface area (Å²) in [6.45, 7) is 3.72. The minimum absolute atomic E-state index is 0.0352. The zero-order valence-corrected chi connectivity index (χ0v) is 14.2. The summed E-state index contributed by atoms with van der Waals surface area (Å²) in [5, 5.41) is 4.28. The van der Waals surface area contributed by atoms with Crippen LogP contribution in [0.3, 0.4) is 0 Å². The number of hydrogen-bond acceptors (Lipinski definition) is 2. The molecular weight excluding hydrogens is 350 g/mol.